The Morgan fingerprint density at radius 3 is 2.80 bits per heavy atom. The summed E-state index contributed by atoms with van der Waals surface area (Å²) >= 11 is 0. The summed E-state index contributed by atoms with van der Waals surface area (Å²) in [5, 5.41) is 3.20. The van der Waals surface area contributed by atoms with E-state index in [0.717, 1.165) is 0 Å². The molecular weight excluding hydrogens is 366 g/mol. The number of imidazole rings is 1. The van der Waals surface area contributed by atoms with Gasteiger partial charge in [0.15, 0.2) is 0 Å². The molecule has 1 amide bonds. The Morgan fingerprint density at radius 1 is 1.40 bits per heavy atom. The number of piperazine rings is 1. The van der Waals surface area contributed by atoms with Gasteiger partial charge in [-0.3, -0.25) is 4.79 Å². The van der Waals surface area contributed by atoms with Crippen molar-refractivity contribution >= 4 is 28.3 Å². The van der Waals surface area contributed by atoms with Crippen molar-refractivity contribution in [2.75, 3.05) is 19.6 Å². The molecule has 0 aliphatic carbocycles. The zero-order valence-corrected chi connectivity index (χ0v) is 15.3. The van der Waals surface area contributed by atoms with Crippen LogP contribution in [0.25, 0.3) is 0 Å². The molecule has 0 spiro atoms. The molecule has 1 unspecified atom stereocenters. The average molecular weight is 386 g/mol. The number of carbonyl (C=O) groups excluding carboxylic acids is 1. The van der Waals surface area contributed by atoms with Crippen LogP contribution in [-0.4, -0.2) is 47.8 Å². The van der Waals surface area contributed by atoms with Gasteiger partial charge in [-0.25, -0.2) is 13.4 Å². The third kappa shape index (κ3) is 3.69. The van der Waals surface area contributed by atoms with E-state index >= 15 is 0 Å². The van der Waals surface area contributed by atoms with Gasteiger partial charge in [-0.15, -0.1) is 12.4 Å². The number of nitrogens with one attached hydrogen (secondary N) is 1. The van der Waals surface area contributed by atoms with Crippen LogP contribution >= 0.6 is 12.4 Å². The van der Waals surface area contributed by atoms with Crippen LogP contribution in [0.2, 0.25) is 0 Å². The van der Waals surface area contributed by atoms with Gasteiger partial charge >= 0.3 is 0 Å². The molecule has 1 aliphatic heterocycles. The van der Waals surface area contributed by atoms with Gasteiger partial charge in [0, 0.05) is 44.6 Å². The molecule has 0 saturated carbocycles. The largest absolute Gasteiger partial charge is 0.366 e. The van der Waals surface area contributed by atoms with Gasteiger partial charge in [-0.2, -0.15) is 4.31 Å². The zero-order chi connectivity index (χ0) is 17.3. The third-order valence-corrected chi connectivity index (χ3v) is 5.98. The van der Waals surface area contributed by atoms with Crippen LogP contribution in [0, 0.1) is 0 Å². The Kier molecular flexibility index (Phi) is 5.83. The lowest BCUT2D eigenvalue weighted by atomic mass is 10.2. The molecule has 2 heterocycles. The number of hydrogen-bond acceptors (Lipinski definition) is 5. The van der Waals surface area contributed by atoms with Crippen LogP contribution in [0.1, 0.15) is 22.2 Å². The molecule has 1 fully saturated rings. The van der Waals surface area contributed by atoms with Gasteiger partial charge < -0.3 is 15.6 Å². The zero-order valence-electron chi connectivity index (χ0n) is 13.6. The first-order chi connectivity index (χ1) is 11.4. The van der Waals surface area contributed by atoms with E-state index in [2.05, 4.69) is 10.3 Å². The molecule has 0 bridgehead atoms. The fraction of sp³-hybridized carbons (Fsp3) is 0.333. The summed E-state index contributed by atoms with van der Waals surface area (Å²) < 4.78 is 29.4. The summed E-state index contributed by atoms with van der Waals surface area (Å²) in [6.07, 6.45) is 3.42. The topological polar surface area (TPSA) is 110 Å². The standard InChI is InChI=1S/C15H19N5O3S.ClH/c1-19-7-6-18-15(19)13-10-17-5-8-20(13)24(22,23)12-4-2-3-11(9-12)14(16)21;/h2-4,6-7,9,13,17H,5,8,10H2,1H3,(H2,16,21);1H. The van der Waals surface area contributed by atoms with E-state index in [9.17, 15) is 13.2 Å². The van der Waals surface area contributed by atoms with E-state index in [1.54, 1.807) is 17.0 Å². The van der Waals surface area contributed by atoms with Crippen molar-refractivity contribution in [2.24, 2.45) is 12.8 Å². The molecule has 1 aliphatic rings. The highest BCUT2D eigenvalue weighted by Gasteiger charge is 2.36. The quantitative estimate of drug-likeness (QED) is 0.785. The van der Waals surface area contributed by atoms with Crippen molar-refractivity contribution in [1.82, 2.24) is 19.2 Å². The second-order valence-electron chi connectivity index (χ2n) is 5.62. The maximum absolute atomic E-state index is 13.1. The van der Waals surface area contributed by atoms with Gasteiger partial charge in [0.2, 0.25) is 15.9 Å². The van der Waals surface area contributed by atoms with Crippen LogP contribution in [0.4, 0.5) is 0 Å². The summed E-state index contributed by atoms with van der Waals surface area (Å²) in [6, 6.07) is 5.38. The normalized spacial score (nSPS) is 18.5. The monoisotopic (exact) mass is 385 g/mol. The van der Waals surface area contributed by atoms with Crippen molar-refractivity contribution < 1.29 is 13.2 Å². The predicted octanol–water partition coefficient (Wildman–Crippen LogP) is 0.276. The Morgan fingerprint density at radius 2 is 2.16 bits per heavy atom. The van der Waals surface area contributed by atoms with Crippen molar-refractivity contribution in [3.63, 3.8) is 0 Å². The molecular formula is C15H20ClN5O3S. The highest BCUT2D eigenvalue weighted by atomic mass is 35.5. The van der Waals surface area contributed by atoms with Gasteiger partial charge in [-0.05, 0) is 18.2 Å². The van der Waals surface area contributed by atoms with E-state index < -0.39 is 22.0 Å². The first-order valence-electron chi connectivity index (χ1n) is 7.51. The van der Waals surface area contributed by atoms with Crippen molar-refractivity contribution in [3.05, 3.63) is 48.0 Å². The minimum Gasteiger partial charge on any atom is -0.366 e. The van der Waals surface area contributed by atoms with Gasteiger partial charge in [0.05, 0.1) is 10.9 Å². The molecule has 3 N–H and O–H groups in total. The summed E-state index contributed by atoms with van der Waals surface area (Å²) in [5.41, 5.74) is 5.42. The van der Waals surface area contributed by atoms with Crippen molar-refractivity contribution in [3.8, 4) is 0 Å². The van der Waals surface area contributed by atoms with Gasteiger partial charge in [0.1, 0.15) is 5.82 Å². The smallest absolute Gasteiger partial charge is 0.248 e. The molecule has 3 rings (SSSR count). The van der Waals surface area contributed by atoms with Gasteiger partial charge in [0.25, 0.3) is 0 Å². The van der Waals surface area contributed by atoms with Crippen molar-refractivity contribution in [2.45, 2.75) is 10.9 Å². The molecule has 2 aromatic rings. The van der Waals surface area contributed by atoms with Crippen LogP contribution in [-0.2, 0) is 17.1 Å². The number of carbonyl (C=O) groups is 1. The summed E-state index contributed by atoms with van der Waals surface area (Å²) in [4.78, 5) is 15.7. The first-order valence-corrected chi connectivity index (χ1v) is 8.95. The molecule has 1 aromatic heterocycles. The number of aryl methyl sites for hydroxylation is 1. The number of primary amides is 1. The minimum atomic E-state index is -3.78. The Hall–Kier alpha value is -1.94. The Bertz CT molecular complexity index is 868. The predicted molar refractivity (Wildman–Crippen MR) is 94.9 cm³/mol. The summed E-state index contributed by atoms with van der Waals surface area (Å²) in [6.45, 7) is 1.34. The maximum atomic E-state index is 13.1. The first kappa shape index (κ1) is 19.4. The molecule has 25 heavy (non-hydrogen) atoms. The van der Waals surface area contributed by atoms with Crippen LogP contribution in [0.15, 0.2) is 41.6 Å². The number of sulfonamides is 1. The van der Waals surface area contributed by atoms with E-state index in [0.29, 0.717) is 25.5 Å². The number of rotatable bonds is 4. The number of nitrogens with two attached hydrogens (primary N) is 1. The fourth-order valence-corrected chi connectivity index (χ4v) is 4.47. The Labute approximate surface area is 152 Å². The lowest BCUT2D eigenvalue weighted by Gasteiger charge is -2.34. The van der Waals surface area contributed by atoms with Crippen LogP contribution in [0.3, 0.4) is 0 Å². The number of nitrogens with zero attached hydrogens (tertiary/aromatic N) is 3. The maximum Gasteiger partial charge on any atom is 0.248 e. The summed E-state index contributed by atoms with van der Waals surface area (Å²) in [7, 11) is -1.95. The Balaban J connectivity index is 0.00000225. The third-order valence-electron chi connectivity index (χ3n) is 4.08. The van der Waals surface area contributed by atoms with E-state index in [1.807, 2.05) is 7.05 Å². The molecule has 0 radical (unpaired) electrons. The number of hydrogen-bond donors (Lipinski definition) is 2. The molecule has 136 valence electrons. The van der Waals surface area contributed by atoms with Crippen LogP contribution in [0.5, 0.6) is 0 Å². The second-order valence-corrected chi connectivity index (χ2v) is 7.51. The van der Waals surface area contributed by atoms with Crippen molar-refractivity contribution in [1.29, 1.82) is 0 Å². The number of halogens is 1. The van der Waals surface area contributed by atoms with Gasteiger partial charge in [-0.1, -0.05) is 6.07 Å². The number of amides is 1. The van der Waals surface area contributed by atoms with E-state index in [4.69, 9.17) is 5.73 Å². The van der Waals surface area contributed by atoms with Crippen LogP contribution < -0.4 is 11.1 Å². The minimum absolute atomic E-state index is 0. The lowest BCUT2D eigenvalue weighted by molar-refractivity contribution is 0.1000. The highest BCUT2D eigenvalue weighted by Crippen LogP contribution is 2.28. The number of aromatic nitrogens is 2. The fourth-order valence-electron chi connectivity index (χ4n) is 2.84. The SMILES string of the molecule is Cl.Cn1ccnc1C1CNCCN1S(=O)(=O)c1cccc(C(N)=O)c1. The van der Waals surface area contributed by atoms with E-state index in [1.165, 1.54) is 28.6 Å². The molecule has 1 aromatic carbocycles. The second kappa shape index (κ2) is 7.52. The molecule has 1 saturated heterocycles. The summed E-state index contributed by atoms with van der Waals surface area (Å²) in [5.74, 6) is 0.00448. The molecule has 8 nitrogen and oxygen atoms in total. The lowest BCUT2D eigenvalue weighted by Crippen LogP contribution is -2.49. The number of benzene rings is 1. The molecule has 10 heteroatoms. The average Bonchev–Trinajstić information content (AvgIpc) is 3.01. The highest BCUT2D eigenvalue weighted by molar-refractivity contribution is 7.89. The molecule has 1 atom stereocenters. The van der Waals surface area contributed by atoms with E-state index in [-0.39, 0.29) is 22.9 Å².